The Morgan fingerprint density at radius 1 is 1.02 bits per heavy atom. The van der Waals surface area contributed by atoms with E-state index in [0.29, 0.717) is 43.7 Å². The maximum Gasteiger partial charge on any atom is 0.320 e. The van der Waals surface area contributed by atoms with Crippen molar-refractivity contribution >= 4 is 17.6 Å². The molecule has 2 aromatic rings. The van der Waals surface area contributed by atoms with Gasteiger partial charge in [-0.3, -0.25) is 4.79 Å². The minimum atomic E-state index is -0.148. The molecule has 216 valence electrons. The second kappa shape index (κ2) is 12.5. The molecule has 0 saturated carbocycles. The van der Waals surface area contributed by atoms with E-state index in [-0.39, 0.29) is 24.0 Å². The van der Waals surface area contributed by atoms with E-state index < -0.39 is 0 Å². The van der Waals surface area contributed by atoms with Crippen LogP contribution in [0.3, 0.4) is 0 Å². The lowest BCUT2D eigenvalue weighted by atomic mass is 10.0. The molecule has 3 saturated heterocycles. The van der Waals surface area contributed by atoms with Gasteiger partial charge in [-0.15, -0.1) is 0 Å². The molecule has 3 aliphatic heterocycles. The van der Waals surface area contributed by atoms with Crippen LogP contribution in [0.2, 0.25) is 0 Å². The van der Waals surface area contributed by atoms with E-state index in [4.69, 9.17) is 9.72 Å². The fourth-order valence-corrected chi connectivity index (χ4v) is 6.36. The molecule has 5 rings (SSSR count). The number of likely N-dealkylation sites (tertiary alicyclic amines) is 2. The Kier molecular flexibility index (Phi) is 8.78. The molecule has 1 aromatic heterocycles. The topological polar surface area (TPSA) is 81.2 Å². The normalized spacial score (nSPS) is 23.5. The number of aromatic nitrogens is 1. The van der Waals surface area contributed by atoms with Crippen molar-refractivity contribution in [3.63, 3.8) is 0 Å². The molecule has 0 aliphatic carbocycles. The van der Waals surface area contributed by atoms with Crippen molar-refractivity contribution in [1.82, 2.24) is 25.0 Å². The summed E-state index contributed by atoms with van der Waals surface area (Å²) in [5.74, 6) is 0.606. The Labute approximate surface area is 238 Å². The molecule has 0 spiro atoms. The number of rotatable bonds is 7. The standard InChI is InChI=1S/C31H44N6O3/c1-5-24-21-35(31(39)36-16-9-10-22(36)3)18-19-37(24)27-14-13-26(25-11-7-8-12-28(25)40-6-2)33-29(27)30(38)32-23-15-17-34(4)20-23/h7-8,11-14,22-24H,5-6,9-10,15-21H2,1-4H3,(H,32,38)/t22-,23-,24-/m1/s1. The molecule has 3 amide bonds. The number of para-hydroxylation sites is 1. The number of hydrogen-bond donors (Lipinski definition) is 1. The van der Waals surface area contributed by atoms with E-state index in [2.05, 4.69) is 36.0 Å². The van der Waals surface area contributed by atoms with Gasteiger partial charge in [0.15, 0.2) is 5.69 Å². The third kappa shape index (κ3) is 5.89. The molecule has 3 fully saturated rings. The van der Waals surface area contributed by atoms with E-state index in [0.717, 1.165) is 62.3 Å². The minimum Gasteiger partial charge on any atom is -0.493 e. The van der Waals surface area contributed by atoms with Crippen molar-refractivity contribution in [2.45, 2.75) is 64.6 Å². The van der Waals surface area contributed by atoms with Gasteiger partial charge in [0.25, 0.3) is 5.91 Å². The predicted molar refractivity (Wildman–Crippen MR) is 158 cm³/mol. The van der Waals surface area contributed by atoms with Crippen molar-refractivity contribution < 1.29 is 14.3 Å². The monoisotopic (exact) mass is 548 g/mol. The molecule has 4 heterocycles. The van der Waals surface area contributed by atoms with Crippen molar-refractivity contribution in [1.29, 1.82) is 0 Å². The third-order valence-corrected chi connectivity index (χ3v) is 8.61. The zero-order chi connectivity index (χ0) is 28.2. The van der Waals surface area contributed by atoms with Gasteiger partial charge in [-0.25, -0.2) is 9.78 Å². The van der Waals surface area contributed by atoms with Gasteiger partial charge in [0.2, 0.25) is 0 Å². The Hall–Kier alpha value is -3.33. The second-order valence-electron chi connectivity index (χ2n) is 11.4. The maximum absolute atomic E-state index is 13.8. The summed E-state index contributed by atoms with van der Waals surface area (Å²) in [7, 11) is 2.08. The van der Waals surface area contributed by atoms with Crippen molar-refractivity contribution in [2.75, 3.05) is 57.8 Å². The fraction of sp³-hybridized carbons (Fsp3) is 0.581. The Morgan fingerprint density at radius 3 is 2.55 bits per heavy atom. The number of ether oxygens (including phenoxy) is 1. The number of amides is 3. The summed E-state index contributed by atoms with van der Waals surface area (Å²) in [6, 6.07) is 12.5. The van der Waals surface area contributed by atoms with Gasteiger partial charge in [0, 0.05) is 56.4 Å². The van der Waals surface area contributed by atoms with Crippen LogP contribution >= 0.6 is 0 Å². The predicted octanol–water partition coefficient (Wildman–Crippen LogP) is 4.09. The number of piperazine rings is 1. The largest absolute Gasteiger partial charge is 0.493 e. The van der Waals surface area contributed by atoms with Gasteiger partial charge in [-0.1, -0.05) is 19.1 Å². The number of likely N-dealkylation sites (N-methyl/N-ethyl adjacent to an activating group) is 1. The van der Waals surface area contributed by atoms with Crippen LogP contribution in [0.4, 0.5) is 10.5 Å². The molecule has 3 atom stereocenters. The van der Waals surface area contributed by atoms with Crippen molar-refractivity contribution in [3.05, 3.63) is 42.1 Å². The molecule has 3 aliphatic rings. The number of carbonyl (C=O) groups excluding carboxylic acids is 2. The number of pyridine rings is 1. The summed E-state index contributed by atoms with van der Waals surface area (Å²) < 4.78 is 5.88. The molecular weight excluding hydrogens is 504 g/mol. The van der Waals surface area contributed by atoms with Gasteiger partial charge in [-0.2, -0.15) is 0 Å². The first-order chi connectivity index (χ1) is 19.4. The summed E-state index contributed by atoms with van der Waals surface area (Å²) in [6.45, 7) is 11.4. The van der Waals surface area contributed by atoms with Gasteiger partial charge in [0.05, 0.1) is 18.0 Å². The summed E-state index contributed by atoms with van der Waals surface area (Å²) in [5, 5.41) is 3.25. The van der Waals surface area contributed by atoms with Crippen molar-refractivity contribution in [2.24, 2.45) is 0 Å². The van der Waals surface area contributed by atoms with Crippen LogP contribution in [0.5, 0.6) is 5.75 Å². The third-order valence-electron chi connectivity index (χ3n) is 8.61. The van der Waals surface area contributed by atoms with E-state index >= 15 is 0 Å². The fourth-order valence-electron chi connectivity index (χ4n) is 6.36. The number of hydrogen-bond acceptors (Lipinski definition) is 6. The number of benzene rings is 1. The highest BCUT2D eigenvalue weighted by molar-refractivity contribution is 5.99. The van der Waals surface area contributed by atoms with E-state index in [9.17, 15) is 9.59 Å². The van der Waals surface area contributed by atoms with Crippen LogP contribution < -0.4 is 15.0 Å². The number of anilines is 1. The zero-order valence-electron chi connectivity index (χ0n) is 24.4. The van der Waals surface area contributed by atoms with Crippen LogP contribution in [0.1, 0.15) is 56.9 Å². The number of nitrogens with one attached hydrogen (secondary N) is 1. The maximum atomic E-state index is 13.8. The summed E-state index contributed by atoms with van der Waals surface area (Å²) in [6.07, 6.45) is 3.94. The molecule has 9 heteroatoms. The Morgan fingerprint density at radius 2 is 1.85 bits per heavy atom. The van der Waals surface area contributed by atoms with Crippen LogP contribution in [0, 0.1) is 0 Å². The highest BCUT2D eigenvalue weighted by Gasteiger charge is 2.36. The molecule has 40 heavy (non-hydrogen) atoms. The van der Waals surface area contributed by atoms with E-state index in [1.807, 2.05) is 53.1 Å². The molecule has 0 bridgehead atoms. The number of nitrogens with zero attached hydrogens (tertiary/aromatic N) is 5. The van der Waals surface area contributed by atoms with Crippen molar-refractivity contribution in [3.8, 4) is 17.0 Å². The van der Waals surface area contributed by atoms with E-state index in [1.54, 1.807) is 0 Å². The van der Waals surface area contributed by atoms with Crippen LogP contribution in [-0.4, -0.2) is 103 Å². The molecule has 1 N–H and O–H groups in total. The highest BCUT2D eigenvalue weighted by Crippen LogP contribution is 2.33. The van der Waals surface area contributed by atoms with Crippen LogP contribution in [0.25, 0.3) is 11.3 Å². The van der Waals surface area contributed by atoms with Gasteiger partial charge in [-0.05, 0) is 77.4 Å². The van der Waals surface area contributed by atoms with Gasteiger partial charge in [0.1, 0.15) is 5.75 Å². The first kappa shape index (κ1) is 28.2. The highest BCUT2D eigenvalue weighted by atomic mass is 16.5. The molecule has 9 nitrogen and oxygen atoms in total. The minimum absolute atomic E-state index is 0.100. The Bertz CT molecular complexity index is 1210. The lowest BCUT2D eigenvalue weighted by molar-refractivity contribution is 0.0933. The summed E-state index contributed by atoms with van der Waals surface area (Å²) >= 11 is 0. The smallest absolute Gasteiger partial charge is 0.320 e. The molecule has 0 unspecified atom stereocenters. The average Bonchev–Trinajstić information content (AvgIpc) is 3.59. The van der Waals surface area contributed by atoms with Gasteiger partial charge < -0.3 is 29.7 Å². The second-order valence-corrected chi connectivity index (χ2v) is 11.4. The first-order valence-electron chi connectivity index (χ1n) is 14.9. The SMILES string of the molecule is CCOc1ccccc1-c1ccc(N2CCN(C(=O)N3CCC[C@H]3C)C[C@H]2CC)c(C(=O)N[C@@H]2CCN(C)C2)n1. The zero-order valence-corrected chi connectivity index (χ0v) is 24.4. The summed E-state index contributed by atoms with van der Waals surface area (Å²) in [5.41, 5.74) is 2.85. The van der Waals surface area contributed by atoms with E-state index in [1.165, 1.54) is 0 Å². The molecular formula is C31H44N6O3. The van der Waals surface area contributed by atoms with Crippen LogP contribution in [-0.2, 0) is 0 Å². The average molecular weight is 549 g/mol. The lowest BCUT2D eigenvalue weighted by Crippen LogP contribution is -2.58. The quantitative estimate of drug-likeness (QED) is 0.562. The molecule has 1 aromatic carbocycles. The van der Waals surface area contributed by atoms with Crippen LogP contribution in [0.15, 0.2) is 36.4 Å². The summed E-state index contributed by atoms with van der Waals surface area (Å²) in [4.78, 5) is 40.7. The Balaban J connectivity index is 1.45. The van der Waals surface area contributed by atoms with Gasteiger partial charge >= 0.3 is 6.03 Å². The first-order valence-corrected chi connectivity index (χ1v) is 14.9. The lowest BCUT2D eigenvalue weighted by Gasteiger charge is -2.44. The molecule has 0 radical (unpaired) electrons. The number of carbonyl (C=O) groups is 2. The number of urea groups is 1.